The molecule has 0 N–H and O–H groups in total. The summed E-state index contributed by atoms with van der Waals surface area (Å²) in [6.45, 7) is 5.55. The highest BCUT2D eigenvalue weighted by molar-refractivity contribution is 7.53. The highest BCUT2D eigenvalue weighted by atomic mass is 31.2. The summed E-state index contributed by atoms with van der Waals surface area (Å²) < 4.78 is 29.1. The minimum atomic E-state index is -3.80. The highest BCUT2D eigenvalue weighted by Gasteiger charge is 2.21. The lowest BCUT2D eigenvalue weighted by molar-refractivity contribution is 0.193. The van der Waals surface area contributed by atoms with E-state index in [1.807, 2.05) is 0 Å². The third-order valence-corrected chi connectivity index (χ3v) is 4.11. The lowest BCUT2D eigenvalue weighted by atomic mass is 10.1. The molecule has 0 aliphatic rings. The first-order chi connectivity index (χ1) is 7.52. The van der Waals surface area contributed by atoms with E-state index < -0.39 is 7.68 Å². The average Bonchev–Trinajstić information content (AvgIpc) is 2.22. The second-order valence-electron chi connectivity index (χ2n) is 4.38. The van der Waals surface area contributed by atoms with Crippen LogP contribution in [0.3, 0.4) is 0 Å². The monoisotopic (exact) mass is 252 g/mol. The molecule has 0 fully saturated rings. The average molecular weight is 252 g/mol. The zero-order chi connectivity index (χ0) is 12.4. The first-order valence-electron chi connectivity index (χ1n) is 6.49. The second-order valence-corrected chi connectivity index (χ2v) is 6.40. The van der Waals surface area contributed by atoms with Crippen LogP contribution in [0.15, 0.2) is 0 Å². The Labute approximate surface area is 99.5 Å². The molecule has 0 aromatic carbocycles. The van der Waals surface area contributed by atoms with Crippen LogP contribution in [0.25, 0.3) is 0 Å². The maximum Gasteiger partial charge on any atom is 0.367 e. The molecule has 0 radical (unpaired) electrons. The molecule has 0 bridgehead atoms. The lowest BCUT2D eigenvalue weighted by Gasteiger charge is -2.14. The van der Waals surface area contributed by atoms with Crippen LogP contribution in [0.2, 0.25) is 0 Å². The minimum absolute atomic E-state index is 0.0200. The van der Waals surface area contributed by atoms with E-state index in [9.17, 15) is 8.76 Å². The molecule has 98 valence electrons. The van der Waals surface area contributed by atoms with E-state index in [1.54, 1.807) is 13.8 Å². The summed E-state index contributed by atoms with van der Waals surface area (Å²) in [6, 6.07) is 0. The zero-order valence-corrected chi connectivity index (χ0v) is 11.8. The summed E-state index contributed by atoms with van der Waals surface area (Å²) in [5.41, 5.74) is 0. The zero-order valence-electron chi connectivity index (χ0n) is 10.9. The van der Waals surface area contributed by atoms with Crippen molar-refractivity contribution in [2.24, 2.45) is 0 Å². The Kier molecular flexibility index (Phi) is 9.25. The van der Waals surface area contributed by atoms with E-state index in [1.165, 1.54) is 25.7 Å². The van der Waals surface area contributed by atoms with Gasteiger partial charge in [-0.25, -0.2) is 0 Å². The van der Waals surface area contributed by atoms with E-state index in [2.05, 4.69) is 6.92 Å². The molecule has 0 aliphatic carbocycles. The summed E-state index contributed by atoms with van der Waals surface area (Å²) in [5.74, 6) is 0. The number of hydrogen-bond donors (Lipinski definition) is 0. The Hall–Kier alpha value is 0.120. The van der Waals surface area contributed by atoms with Crippen molar-refractivity contribution in [2.75, 3.05) is 6.16 Å². The minimum Gasteiger partial charge on any atom is -0.302 e. The molecule has 0 aliphatic heterocycles. The molecule has 0 saturated carbocycles. The van der Waals surface area contributed by atoms with Crippen LogP contribution >= 0.6 is 7.68 Å². The van der Waals surface area contributed by atoms with Crippen LogP contribution in [0.4, 0.5) is 4.20 Å². The van der Waals surface area contributed by atoms with Crippen LogP contribution in [-0.4, -0.2) is 12.3 Å². The molecule has 4 heteroatoms. The van der Waals surface area contributed by atoms with Crippen molar-refractivity contribution in [1.29, 1.82) is 0 Å². The fraction of sp³-hybridized carbons (Fsp3) is 1.00. The smallest absolute Gasteiger partial charge is 0.302 e. The molecular weight excluding hydrogens is 226 g/mol. The van der Waals surface area contributed by atoms with Crippen molar-refractivity contribution in [3.8, 4) is 0 Å². The second kappa shape index (κ2) is 9.18. The summed E-state index contributed by atoms with van der Waals surface area (Å²) in [6.07, 6.45) is 7.83. The van der Waals surface area contributed by atoms with Gasteiger partial charge in [-0.05, 0) is 13.3 Å². The molecule has 0 saturated heterocycles. The van der Waals surface area contributed by atoms with Gasteiger partial charge in [0.15, 0.2) is 0 Å². The van der Waals surface area contributed by atoms with Crippen LogP contribution in [0, 0.1) is 0 Å². The van der Waals surface area contributed by atoms with Crippen LogP contribution < -0.4 is 0 Å². The van der Waals surface area contributed by atoms with Crippen LogP contribution in [-0.2, 0) is 9.09 Å². The maximum absolute atomic E-state index is 13.1. The topological polar surface area (TPSA) is 26.3 Å². The molecular formula is C12H26FO2P. The van der Waals surface area contributed by atoms with Crippen LogP contribution in [0.1, 0.15) is 65.7 Å². The van der Waals surface area contributed by atoms with E-state index in [4.69, 9.17) is 4.52 Å². The molecule has 2 atom stereocenters. The standard InChI is InChI=1S/C12H26FO2P/c1-4-6-7-8-9-10-11-12(3)15-16(13,14)5-2/h12H,4-11H2,1-3H3. The van der Waals surface area contributed by atoms with Crippen molar-refractivity contribution in [2.45, 2.75) is 71.8 Å². The molecule has 2 unspecified atom stereocenters. The van der Waals surface area contributed by atoms with Crippen molar-refractivity contribution in [3.63, 3.8) is 0 Å². The number of rotatable bonds is 10. The molecule has 0 aromatic rings. The number of halogens is 1. The number of unbranched alkanes of at least 4 members (excludes halogenated alkanes) is 5. The van der Waals surface area contributed by atoms with Crippen molar-refractivity contribution < 1.29 is 13.3 Å². The number of hydrogen-bond acceptors (Lipinski definition) is 2. The Balaban J connectivity index is 3.44. The summed E-state index contributed by atoms with van der Waals surface area (Å²) in [7, 11) is -3.80. The van der Waals surface area contributed by atoms with Gasteiger partial charge in [-0.15, -0.1) is 0 Å². The summed E-state index contributed by atoms with van der Waals surface area (Å²) in [4.78, 5) is 0. The van der Waals surface area contributed by atoms with Gasteiger partial charge in [0.25, 0.3) is 0 Å². The molecule has 0 heterocycles. The van der Waals surface area contributed by atoms with Gasteiger partial charge in [-0.2, -0.15) is 4.20 Å². The van der Waals surface area contributed by atoms with Crippen molar-refractivity contribution in [3.05, 3.63) is 0 Å². The van der Waals surface area contributed by atoms with Crippen LogP contribution in [0.5, 0.6) is 0 Å². The first kappa shape index (κ1) is 16.1. The van der Waals surface area contributed by atoms with Gasteiger partial charge >= 0.3 is 7.68 Å². The Morgan fingerprint density at radius 2 is 1.69 bits per heavy atom. The molecule has 0 rings (SSSR count). The van der Waals surface area contributed by atoms with Crippen molar-refractivity contribution in [1.82, 2.24) is 0 Å². The Morgan fingerprint density at radius 3 is 2.25 bits per heavy atom. The van der Waals surface area contributed by atoms with E-state index >= 15 is 0 Å². The largest absolute Gasteiger partial charge is 0.367 e. The third kappa shape index (κ3) is 9.35. The van der Waals surface area contributed by atoms with Gasteiger partial charge in [-0.1, -0.05) is 52.4 Å². The van der Waals surface area contributed by atoms with E-state index in [-0.39, 0.29) is 12.3 Å². The van der Waals surface area contributed by atoms with Gasteiger partial charge in [0.2, 0.25) is 0 Å². The normalized spacial score (nSPS) is 17.0. The van der Waals surface area contributed by atoms with E-state index in [0.717, 1.165) is 19.3 Å². The SMILES string of the molecule is CCCCCCCCC(C)OP(=O)(F)CC. The Morgan fingerprint density at radius 1 is 1.12 bits per heavy atom. The van der Waals surface area contributed by atoms with Gasteiger partial charge < -0.3 is 4.52 Å². The van der Waals surface area contributed by atoms with Gasteiger partial charge in [0.05, 0.1) is 12.3 Å². The molecule has 0 aromatic heterocycles. The quantitative estimate of drug-likeness (QED) is 0.388. The highest BCUT2D eigenvalue weighted by Crippen LogP contribution is 2.49. The fourth-order valence-corrected chi connectivity index (χ4v) is 2.40. The van der Waals surface area contributed by atoms with Gasteiger partial charge in [0, 0.05) is 0 Å². The predicted octanol–water partition coefficient (Wildman–Crippen LogP) is 5.32. The fourth-order valence-electron chi connectivity index (χ4n) is 1.61. The summed E-state index contributed by atoms with van der Waals surface area (Å²) in [5, 5.41) is 0. The molecule has 2 nitrogen and oxygen atoms in total. The molecule has 0 spiro atoms. The molecule has 0 amide bonds. The lowest BCUT2D eigenvalue weighted by Crippen LogP contribution is -2.05. The molecule has 16 heavy (non-hydrogen) atoms. The van der Waals surface area contributed by atoms with E-state index in [0.29, 0.717) is 0 Å². The van der Waals surface area contributed by atoms with Gasteiger partial charge in [-0.3, -0.25) is 4.57 Å². The Bertz CT molecular complexity index is 209. The van der Waals surface area contributed by atoms with Gasteiger partial charge in [0.1, 0.15) is 0 Å². The van der Waals surface area contributed by atoms with Crippen molar-refractivity contribution >= 4 is 7.68 Å². The first-order valence-corrected chi connectivity index (χ1v) is 8.19. The maximum atomic E-state index is 13.1. The summed E-state index contributed by atoms with van der Waals surface area (Å²) >= 11 is 0. The predicted molar refractivity (Wildman–Crippen MR) is 67.8 cm³/mol. The third-order valence-electron chi connectivity index (χ3n) is 2.68.